The highest BCUT2D eigenvalue weighted by Crippen LogP contribution is 2.31. The summed E-state index contributed by atoms with van der Waals surface area (Å²) in [5, 5.41) is 6.92. The van der Waals surface area contributed by atoms with Gasteiger partial charge in [0.25, 0.3) is 0 Å². The van der Waals surface area contributed by atoms with Gasteiger partial charge in [0.15, 0.2) is 5.82 Å². The van der Waals surface area contributed by atoms with E-state index in [9.17, 15) is 4.79 Å². The minimum Gasteiger partial charge on any atom is -0.330 e. The van der Waals surface area contributed by atoms with E-state index in [1.54, 1.807) is 23.3 Å². The van der Waals surface area contributed by atoms with Gasteiger partial charge in [-0.25, -0.2) is 14.6 Å². The van der Waals surface area contributed by atoms with Gasteiger partial charge in [-0.05, 0) is 37.4 Å². The number of nitrogens with one attached hydrogen (secondary N) is 1. The Morgan fingerprint density at radius 3 is 3.00 bits per heavy atom. The fourth-order valence-corrected chi connectivity index (χ4v) is 2.82. The van der Waals surface area contributed by atoms with Crippen molar-refractivity contribution in [1.29, 1.82) is 0 Å². The average molecular weight is 286 g/mol. The second-order valence-corrected chi connectivity index (χ2v) is 5.27. The molecule has 0 bridgehead atoms. The molecule has 3 rings (SSSR count). The molecule has 0 aromatic carbocycles. The van der Waals surface area contributed by atoms with Crippen molar-refractivity contribution in [1.82, 2.24) is 19.7 Å². The molecular weight excluding hydrogens is 268 g/mol. The van der Waals surface area contributed by atoms with Crippen LogP contribution in [-0.4, -0.2) is 32.2 Å². The number of aromatic nitrogens is 4. The summed E-state index contributed by atoms with van der Waals surface area (Å²) >= 11 is 0. The Morgan fingerprint density at radius 2 is 2.33 bits per heavy atom. The molecule has 7 heteroatoms. The van der Waals surface area contributed by atoms with Gasteiger partial charge in [-0.2, -0.15) is 5.10 Å². The Morgan fingerprint density at radius 1 is 1.43 bits per heavy atom. The van der Waals surface area contributed by atoms with E-state index in [2.05, 4.69) is 20.4 Å². The highest BCUT2D eigenvalue weighted by Gasteiger charge is 2.31. The first-order chi connectivity index (χ1) is 10.3. The maximum Gasteiger partial charge on any atom is 0.227 e. The molecule has 0 radical (unpaired) electrons. The number of pyridine rings is 1. The van der Waals surface area contributed by atoms with E-state index in [0.29, 0.717) is 24.0 Å². The molecule has 1 amide bonds. The third-order valence-corrected chi connectivity index (χ3v) is 3.97. The van der Waals surface area contributed by atoms with Crippen molar-refractivity contribution in [3.05, 3.63) is 31.0 Å². The number of anilines is 1. The standard InChI is InChI=1S/C14H18N6O/c15-6-10-2-1-3-12(10)14(21)19-11-4-5-13(17-7-11)20-9-16-8-18-20/h4-5,7-10,12H,1-3,6,15H2,(H,19,21)/t10-,12-/m1/s1. The topological polar surface area (TPSA) is 98.7 Å². The Hall–Kier alpha value is -2.28. The lowest BCUT2D eigenvalue weighted by Gasteiger charge is -2.17. The minimum atomic E-state index is 0.0185. The zero-order valence-corrected chi connectivity index (χ0v) is 11.6. The van der Waals surface area contributed by atoms with Crippen LogP contribution in [0, 0.1) is 11.8 Å². The van der Waals surface area contributed by atoms with Gasteiger partial charge in [0.05, 0.1) is 11.9 Å². The van der Waals surface area contributed by atoms with Crippen molar-refractivity contribution in [2.75, 3.05) is 11.9 Å². The molecule has 3 N–H and O–H groups in total. The quantitative estimate of drug-likeness (QED) is 0.872. The van der Waals surface area contributed by atoms with Gasteiger partial charge in [0.1, 0.15) is 12.7 Å². The number of amides is 1. The fraction of sp³-hybridized carbons (Fsp3) is 0.429. The Balaban J connectivity index is 1.66. The van der Waals surface area contributed by atoms with Crippen molar-refractivity contribution in [3.8, 4) is 5.82 Å². The monoisotopic (exact) mass is 286 g/mol. The van der Waals surface area contributed by atoms with E-state index < -0.39 is 0 Å². The second kappa shape index (κ2) is 6.01. The average Bonchev–Trinajstić information content (AvgIpc) is 3.19. The summed E-state index contributed by atoms with van der Waals surface area (Å²) in [7, 11) is 0. The van der Waals surface area contributed by atoms with Crippen LogP contribution in [0.5, 0.6) is 0 Å². The first-order valence-corrected chi connectivity index (χ1v) is 7.10. The molecule has 2 atom stereocenters. The lowest BCUT2D eigenvalue weighted by molar-refractivity contribution is -0.120. The molecule has 1 aliphatic carbocycles. The number of rotatable bonds is 4. The molecule has 110 valence electrons. The Kier molecular flexibility index (Phi) is 3.92. The molecule has 7 nitrogen and oxygen atoms in total. The van der Waals surface area contributed by atoms with Crippen molar-refractivity contribution >= 4 is 11.6 Å². The first-order valence-electron chi connectivity index (χ1n) is 7.10. The zero-order chi connectivity index (χ0) is 14.7. The highest BCUT2D eigenvalue weighted by atomic mass is 16.1. The van der Waals surface area contributed by atoms with Gasteiger partial charge >= 0.3 is 0 Å². The van der Waals surface area contributed by atoms with Crippen molar-refractivity contribution in [3.63, 3.8) is 0 Å². The SMILES string of the molecule is NC[C@H]1CCC[C@H]1C(=O)Nc1ccc(-n2cncn2)nc1. The molecule has 2 aromatic heterocycles. The molecule has 21 heavy (non-hydrogen) atoms. The summed E-state index contributed by atoms with van der Waals surface area (Å²) in [6.07, 6.45) is 7.68. The molecule has 0 spiro atoms. The largest absolute Gasteiger partial charge is 0.330 e. The normalized spacial score (nSPS) is 21.4. The van der Waals surface area contributed by atoms with Crippen molar-refractivity contribution < 1.29 is 4.79 Å². The number of nitrogens with zero attached hydrogens (tertiary/aromatic N) is 4. The summed E-state index contributed by atoms with van der Waals surface area (Å²) in [4.78, 5) is 20.4. The summed E-state index contributed by atoms with van der Waals surface area (Å²) < 4.78 is 1.56. The highest BCUT2D eigenvalue weighted by molar-refractivity contribution is 5.92. The van der Waals surface area contributed by atoms with Gasteiger partial charge in [0.2, 0.25) is 5.91 Å². The molecule has 1 aliphatic rings. The van der Waals surface area contributed by atoms with Crippen molar-refractivity contribution in [2.24, 2.45) is 17.6 Å². The van der Waals surface area contributed by atoms with E-state index in [-0.39, 0.29) is 11.8 Å². The van der Waals surface area contributed by atoms with Crippen LogP contribution in [0.2, 0.25) is 0 Å². The molecule has 2 aromatic rings. The van der Waals surface area contributed by atoms with Gasteiger partial charge in [-0.3, -0.25) is 4.79 Å². The minimum absolute atomic E-state index is 0.0185. The van der Waals surface area contributed by atoms with Gasteiger partial charge in [-0.1, -0.05) is 6.42 Å². The molecule has 1 saturated carbocycles. The summed E-state index contributed by atoms with van der Waals surface area (Å²) in [6.45, 7) is 0.571. The van der Waals surface area contributed by atoms with Gasteiger partial charge in [0, 0.05) is 5.92 Å². The van der Waals surface area contributed by atoms with Crippen LogP contribution in [0.15, 0.2) is 31.0 Å². The van der Waals surface area contributed by atoms with Crippen LogP contribution in [-0.2, 0) is 4.79 Å². The van der Waals surface area contributed by atoms with Crippen molar-refractivity contribution in [2.45, 2.75) is 19.3 Å². The first kappa shape index (κ1) is 13.7. The molecule has 0 saturated heterocycles. The van der Waals surface area contributed by atoms with Crippen LogP contribution >= 0.6 is 0 Å². The molecular formula is C14H18N6O. The van der Waals surface area contributed by atoms with E-state index in [4.69, 9.17) is 5.73 Å². The molecule has 2 heterocycles. The van der Waals surface area contributed by atoms with E-state index in [1.165, 1.54) is 6.33 Å². The maximum absolute atomic E-state index is 12.3. The van der Waals surface area contributed by atoms with Crippen LogP contribution in [0.25, 0.3) is 5.82 Å². The predicted octanol–water partition coefficient (Wildman–Crippen LogP) is 0.976. The summed E-state index contributed by atoms with van der Waals surface area (Å²) in [5.41, 5.74) is 6.41. The third kappa shape index (κ3) is 2.92. The van der Waals surface area contributed by atoms with Crippen LogP contribution in [0.1, 0.15) is 19.3 Å². The lowest BCUT2D eigenvalue weighted by atomic mass is 9.95. The van der Waals surface area contributed by atoms with Crippen LogP contribution < -0.4 is 11.1 Å². The summed E-state index contributed by atoms with van der Waals surface area (Å²) in [6, 6.07) is 3.60. The smallest absolute Gasteiger partial charge is 0.227 e. The number of carbonyl (C=O) groups is 1. The van der Waals surface area contributed by atoms with Crippen LogP contribution in [0.4, 0.5) is 5.69 Å². The van der Waals surface area contributed by atoms with Crippen LogP contribution in [0.3, 0.4) is 0 Å². The fourth-order valence-electron chi connectivity index (χ4n) is 2.82. The number of nitrogens with two attached hydrogens (primary N) is 1. The summed E-state index contributed by atoms with van der Waals surface area (Å²) in [5.74, 6) is 1.02. The molecule has 1 fully saturated rings. The predicted molar refractivity (Wildman–Crippen MR) is 77.7 cm³/mol. The molecule has 0 aliphatic heterocycles. The van der Waals surface area contributed by atoms with Gasteiger partial charge < -0.3 is 11.1 Å². The Bertz CT molecular complexity index is 594. The Labute approximate surface area is 122 Å². The lowest BCUT2D eigenvalue weighted by Crippen LogP contribution is -2.29. The zero-order valence-electron chi connectivity index (χ0n) is 11.6. The second-order valence-electron chi connectivity index (χ2n) is 5.27. The number of carbonyl (C=O) groups excluding carboxylic acids is 1. The van der Waals surface area contributed by atoms with Gasteiger partial charge in [-0.15, -0.1) is 0 Å². The van der Waals surface area contributed by atoms with E-state index in [1.807, 2.05) is 6.07 Å². The van der Waals surface area contributed by atoms with E-state index >= 15 is 0 Å². The molecule has 0 unspecified atom stereocenters. The van der Waals surface area contributed by atoms with E-state index in [0.717, 1.165) is 19.3 Å². The third-order valence-electron chi connectivity index (χ3n) is 3.97. The number of hydrogen-bond donors (Lipinski definition) is 2. The number of hydrogen-bond acceptors (Lipinski definition) is 5. The maximum atomic E-state index is 12.3.